The molecule has 0 saturated heterocycles. The molecule has 10 nitrogen and oxygen atoms in total. The van der Waals surface area contributed by atoms with Crippen molar-refractivity contribution in [2.45, 2.75) is 64.0 Å². The summed E-state index contributed by atoms with van der Waals surface area (Å²) in [4.78, 5) is 27.5. The first-order chi connectivity index (χ1) is 14.3. The van der Waals surface area contributed by atoms with Gasteiger partial charge in [0.25, 0.3) is 10.0 Å². The van der Waals surface area contributed by atoms with Gasteiger partial charge in [-0.25, -0.2) is 22.7 Å². The molecule has 0 aliphatic rings. The van der Waals surface area contributed by atoms with Gasteiger partial charge in [-0.3, -0.25) is 4.99 Å². The Morgan fingerprint density at radius 3 is 2.32 bits per heavy atom. The topological polar surface area (TPSA) is 146 Å². The van der Waals surface area contributed by atoms with E-state index in [1.54, 1.807) is 39.8 Å². The number of carbonyl (C=O) groups excluding carboxylic acids is 1. The molecule has 31 heavy (non-hydrogen) atoms. The molecule has 0 heterocycles. The molecular weight excluding hydrogens is 424 g/mol. The van der Waals surface area contributed by atoms with Crippen molar-refractivity contribution in [3.63, 3.8) is 0 Å². The van der Waals surface area contributed by atoms with Crippen LogP contribution in [0.25, 0.3) is 0 Å². The molecule has 0 aliphatic carbocycles. The van der Waals surface area contributed by atoms with Crippen LogP contribution in [0.1, 0.15) is 46.1 Å². The minimum Gasteiger partial charge on any atom is -0.480 e. The summed E-state index contributed by atoms with van der Waals surface area (Å²) in [6.07, 6.45) is -0.418. The first-order valence-electron chi connectivity index (χ1n) is 9.94. The third-order valence-corrected chi connectivity index (χ3v) is 5.17. The van der Waals surface area contributed by atoms with Crippen molar-refractivity contribution in [2.24, 2.45) is 4.99 Å². The van der Waals surface area contributed by atoms with Crippen molar-refractivity contribution in [2.75, 3.05) is 13.1 Å². The van der Waals surface area contributed by atoms with Crippen LogP contribution in [0.3, 0.4) is 0 Å². The van der Waals surface area contributed by atoms with Crippen LogP contribution >= 0.6 is 0 Å². The molecular formula is C20H32N4O6S. The number of carboxylic acids is 1. The first-order valence-corrected chi connectivity index (χ1v) is 11.4. The number of carbonyl (C=O) groups is 2. The molecule has 1 aromatic rings. The third kappa shape index (κ3) is 10.2. The van der Waals surface area contributed by atoms with Crippen molar-refractivity contribution in [1.29, 1.82) is 0 Å². The van der Waals surface area contributed by atoms with Crippen LogP contribution < -0.4 is 15.4 Å². The second-order valence-electron chi connectivity index (χ2n) is 7.86. The second kappa shape index (κ2) is 11.5. The van der Waals surface area contributed by atoms with Crippen LogP contribution in [-0.4, -0.2) is 56.3 Å². The van der Waals surface area contributed by atoms with Gasteiger partial charge < -0.3 is 20.5 Å². The number of guanidine groups is 1. The van der Waals surface area contributed by atoms with E-state index in [1.807, 2.05) is 6.92 Å². The number of sulfonamides is 1. The number of hydrogen-bond acceptors (Lipinski definition) is 6. The summed E-state index contributed by atoms with van der Waals surface area (Å²) in [7, 11) is -3.81. The maximum atomic E-state index is 12.5. The fourth-order valence-electron chi connectivity index (χ4n) is 2.39. The number of ether oxygens (including phenoxy) is 1. The van der Waals surface area contributed by atoms with Crippen molar-refractivity contribution < 1.29 is 27.9 Å². The van der Waals surface area contributed by atoms with Gasteiger partial charge in [0.05, 0.1) is 4.90 Å². The number of nitrogens with zero attached hydrogens (tertiary/aromatic N) is 1. The fraction of sp³-hybridized carbons (Fsp3) is 0.550. The molecule has 0 spiro atoms. The fourth-order valence-corrected chi connectivity index (χ4v) is 3.39. The molecule has 4 N–H and O–H groups in total. The number of alkyl carbamates (subject to hydrolysis) is 1. The predicted molar refractivity (Wildman–Crippen MR) is 118 cm³/mol. The molecule has 1 rings (SSSR count). The van der Waals surface area contributed by atoms with E-state index in [0.29, 0.717) is 13.0 Å². The summed E-state index contributed by atoms with van der Waals surface area (Å²) in [5.74, 6) is -1.13. The maximum absolute atomic E-state index is 12.5. The van der Waals surface area contributed by atoms with Crippen molar-refractivity contribution in [1.82, 2.24) is 15.4 Å². The summed E-state index contributed by atoms with van der Waals surface area (Å²) in [6.45, 7) is 9.27. The van der Waals surface area contributed by atoms with Crippen molar-refractivity contribution >= 4 is 28.0 Å². The van der Waals surface area contributed by atoms with Crippen LogP contribution in [0.4, 0.5) is 4.79 Å². The SMILES string of the molecule is CCNC(=NCCC[C@H](NC(=O)OC(C)(C)C)C(=O)O)NS(=O)(=O)c1ccc(C)cc1. The quantitative estimate of drug-likeness (QED) is 0.252. The Kier molecular flexibility index (Phi) is 9.76. The zero-order chi connectivity index (χ0) is 23.7. The van der Waals surface area contributed by atoms with E-state index in [0.717, 1.165) is 5.56 Å². The number of aliphatic imine (C=N–C) groups is 1. The molecule has 0 aromatic heterocycles. The number of rotatable bonds is 9. The van der Waals surface area contributed by atoms with E-state index in [4.69, 9.17) is 4.74 Å². The molecule has 11 heteroatoms. The number of benzene rings is 1. The lowest BCUT2D eigenvalue weighted by Crippen LogP contribution is -2.43. The number of aryl methyl sites for hydroxylation is 1. The molecule has 1 amide bonds. The van der Waals surface area contributed by atoms with Crippen molar-refractivity contribution in [3.8, 4) is 0 Å². The predicted octanol–water partition coefficient (Wildman–Crippen LogP) is 2.00. The first kappa shape index (κ1) is 26.2. The number of hydrogen-bond donors (Lipinski definition) is 4. The summed E-state index contributed by atoms with van der Waals surface area (Å²) < 4.78 is 32.5. The summed E-state index contributed by atoms with van der Waals surface area (Å²) in [6, 6.07) is 5.25. The van der Waals surface area contributed by atoms with Gasteiger partial charge in [0.2, 0.25) is 5.96 Å². The lowest BCUT2D eigenvalue weighted by Gasteiger charge is -2.21. The Morgan fingerprint density at radius 1 is 1.19 bits per heavy atom. The van der Waals surface area contributed by atoms with E-state index < -0.39 is 33.7 Å². The molecule has 174 valence electrons. The number of nitrogens with one attached hydrogen (secondary N) is 3. The van der Waals surface area contributed by atoms with E-state index >= 15 is 0 Å². The van der Waals surface area contributed by atoms with Gasteiger partial charge in [0.15, 0.2) is 0 Å². The Balaban J connectivity index is 2.71. The van der Waals surface area contributed by atoms with Crippen LogP contribution in [-0.2, 0) is 19.6 Å². The second-order valence-corrected chi connectivity index (χ2v) is 9.54. The normalized spacial score (nSPS) is 13.3. The highest BCUT2D eigenvalue weighted by Crippen LogP contribution is 2.10. The zero-order valence-electron chi connectivity index (χ0n) is 18.6. The maximum Gasteiger partial charge on any atom is 0.408 e. The van der Waals surface area contributed by atoms with Gasteiger partial charge in [-0.15, -0.1) is 0 Å². The lowest BCUT2D eigenvalue weighted by atomic mass is 10.1. The molecule has 1 atom stereocenters. The average Bonchev–Trinajstić information content (AvgIpc) is 2.62. The summed E-state index contributed by atoms with van der Waals surface area (Å²) in [5, 5.41) is 14.5. The third-order valence-electron chi connectivity index (χ3n) is 3.82. The van der Waals surface area contributed by atoms with Gasteiger partial charge in [0.1, 0.15) is 11.6 Å². The molecule has 0 aliphatic heterocycles. The van der Waals surface area contributed by atoms with Gasteiger partial charge >= 0.3 is 12.1 Å². The zero-order valence-corrected chi connectivity index (χ0v) is 19.4. The monoisotopic (exact) mass is 456 g/mol. The highest BCUT2D eigenvalue weighted by atomic mass is 32.2. The van der Waals surface area contributed by atoms with Gasteiger partial charge in [-0.1, -0.05) is 17.7 Å². The number of carboxylic acid groups (broad SMARTS) is 1. The summed E-state index contributed by atoms with van der Waals surface area (Å²) in [5.41, 5.74) is 0.194. The van der Waals surface area contributed by atoms with Crippen molar-refractivity contribution in [3.05, 3.63) is 29.8 Å². The molecule has 0 bridgehead atoms. The molecule has 0 unspecified atom stereocenters. The highest BCUT2D eigenvalue weighted by Gasteiger charge is 2.23. The van der Waals surface area contributed by atoms with E-state index in [-0.39, 0.29) is 23.8 Å². The standard InChI is InChI=1S/C20H32N4O6S/c1-6-21-18(24-31(28,29)15-11-9-14(2)10-12-15)22-13-7-8-16(17(25)26)23-19(27)30-20(3,4)5/h9-12,16H,6-8,13H2,1-5H3,(H,23,27)(H,25,26)(H2,21,22,24)/t16-/m0/s1. The van der Waals surface area contributed by atoms with E-state index in [1.165, 1.54) is 12.1 Å². The number of amides is 1. The van der Waals surface area contributed by atoms with Gasteiger partial charge in [-0.2, -0.15) is 0 Å². The smallest absolute Gasteiger partial charge is 0.408 e. The number of aliphatic carboxylic acids is 1. The molecule has 0 saturated carbocycles. The minimum atomic E-state index is -3.81. The molecule has 0 radical (unpaired) electrons. The molecule has 0 fully saturated rings. The van der Waals surface area contributed by atoms with Gasteiger partial charge in [-0.05, 0) is 59.6 Å². The molecule has 1 aromatic carbocycles. The largest absolute Gasteiger partial charge is 0.480 e. The van der Waals surface area contributed by atoms with E-state index in [2.05, 4.69) is 20.3 Å². The average molecular weight is 457 g/mol. The van der Waals surface area contributed by atoms with Crippen LogP contribution in [0, 0.1) is 6.92 Å². The Labute approximate surface area is 183 Å². The van der Waals surface area contributed by atoms with Gasteiger partial charge in [0, 0.05) is 13.1 Å². The Morgan fingerprint density at radius 2 is 1.81 bits per heavy atom. The van der Waals surface area contributed by atoms with Crippen LogP contribution in [0.15, 0.2) is 34.2 Å². The highest BCUT2D eigenvalue weighted by molar-refractivity contribution is 7.90. The Bertz CT molecular complexity index is 876. The van der Waals surface area contributed by atoms with Crippen LogP contribution in [0.2, 0.25) is 0 Å². The minimum absolute atomic E-state index is 0.0649. The summed E-state index contributed by atoms with van der Waals surface area (Å²) >= 11 is 0. The lowest BCUT2D eigenvalue weighted by molar-refractivity contribution is -0.139. The van der Waals surface area contributed by atoms with E-state index in [9.17, 15) is 23.1 Å². The Hall–Kier alpha value is -2.82. The van der Waals surface area contributed by atoms with Crippen LogP contribution in [0.5, 0.6) is 0 Å².